The number of halogens is 1. The van der Waals surface area contributed by atoms with Crippen LogP contribution in [0.2, 0.25) is 5.02 Å². The zero-order valence-corrected chi connectivity index (χ0v) is 7.84. The zero-order chi connectivity index (χ0) is 9.26. The second kappa shape index (κ2) is 3.48. The Labute approximate surface area is 81.9 Å². The summed E-state index contributed by atoms with van der Waals surface area (Å²) in [4.78, 5) is 11.6. The second-order valence-corrected chi connectivity index (χ2v) is 3.60. The average Bonchev–Trinajstić information content (AvgIpc) is 2.02. The molecule has 3 heteroatoms. The van der Waals surface area contributed by atoms with Gasteiger partial charge in [-0.15, -0.1) is 0 Å². The summed E-state index contributed by atoms with van der Waals surface area (Å²) in [6.45, 7) is 0.948. The Morgan fingerprint density at radius 3 is 2.46 bits per heavy atom. The summed E-state index contributed by atoms with van der Waals surface area (Å²) < 4.78 is 0. The van der Waals surface area contributed by atoms with E-state index in [4.69, 9.17) is 11.6 Å². The molecule has 0 bridgehead atoms. The molecule has 0 spiro atoms. The number of hydrogen-bond donors (Lipinski definition) is 1. The molecule has 1 atom stereocenters. The predicted octanol–water partition coefficient (Wildman–Crippen LogP) is 1.88. The van der Waals surface area contributed by atoms with Crippen LogP contribution in [0.25, 0.3) is 0 Å². The third-order valence-electron chi connectivity index (χ3n) is 2.27. The molecular weight excluding hydrogens is 186 g/mol. The SMILES string of the molecule is O=C(c1ccc(Cl)cc1)C1CCN1. The van der Waals surface area contributed by atoms with Gasteiger partial charge in [-0.3, -0.25) is 4.79 Å². The van der Waals surface area contributed by atoms with Crippen LogP contribution < -0.4 is 5.32 Å². The summed E-state index contributed by atoms with van der Waals surface area (Å²) in [6.07, 6.45) is 0.946. The van der Waals surface area contributed by atoms with Crippen molar-refractivity contribution in [3.05, 3.63) is 34.9 Å². The predicted molar refractivity (Wildman–Crippen MR) is 52.2 cm³/mol. The lowest BCUT2D eigenvalue weighted by Crippen LogP contribution is -2.48. The molecule has 1 N–H and O–H groups in total. The molecule has 1 aliphatic heterocycles. The van der Waals surface area contributed by atoms with Gasteiger partial charge >= 0.3 is 0 Å². The third kappa shape index (κ3) is 1.74. The number of carbonyl (C=O) groups excluding carboxylic acids is 1. The van der Waals surface area contributed by atoms with E-state index >= 15 is 0 Å². The maximum Gasteiger partial charge on any atom is 0.179 e. The van der Waals surface area contributed by atoms with Crippen molar-refractivity contribution in [1.82, 2.24) is 5.32 Å². The van der Waals surface area contributed by atoms with Crippen LogP contribution in [0.5, 0.6) is 0 Å². The molecule has 1 saturated heterocycles. The molecule has 0 radical (unpaired) electrons. The standard InChI is InChI=1S/C10H10ClNO/c11-8-3-1-7(2-4-8)10(13)9-5-6-12-9/h1-4,9,12H,5-6H2. The molecular formula is C10H10ClNO. The smallest absolute Gasteiger partial charge is 0.179 e. The minimum Gasteiger partial charge on any atom is -0.307 e. The first-order valence-electron chi connectivity index (χ1n) is 4.30. The van der Waals surface area contributed by atoms with Gasteiger partial charge in [-0.05, 0) is 37.2 Å². The Balaban J connectivity index is 2.15. The first-order valence-corrected chi connectivity index (χ1v) is 4.68. The topological polar surface area (TPSA) is 29.1 Å². The van der Waals surface area contributed by atoms with Gasteiger partial charge in [-0.1, -0.05) is 11.6 Å². The van der Waals surface area contributed by atoms with Crippen molar-refractivity contribution in [3.63, 3.8) is 0 Å². The van der Waals surface area contributed by atoms with Crippen LogP contribution in [0.1, 0.15) is 16.8 Å². The summed E-state index contributed by atoms with van der Waals surface area (Å²) in [7, 11) is 0. The lowest BCUT2D eigenvalue weighted by atomic mass is 9.97. The van der Waals surface area contributed by atoms with Crippen molar-refractivity contribution in [2.24, 2.45) is 0 Å². The number of carbonyl (C=O) groups is 1. The normalized spacial score (nSPS) is 20.8. The Morgan fingerprint density at radius 2 is 2.00 bits per heavy atom. The van der Waals surface area contributed by atoms with Gasteiger partial charge in [0.05, 0.1) is 6.04 Å². The van der Waals surface area contributed by atoms with Crippen molar-refractivity contribution >= 4 is 17.4 Å². The van der Waals surface area contributed by atoms with Gasteiger partial charge in [-0.2, -0.15) is 0 Å². The maximum atomic E-state index is 11.6. The van der Waals surface area contributed by atoms with E-state index in [9.17, 15) is 4.79 Å². The van der Waals surface area contributed by atoms with Crippen LogP contribution in [0.15, 0.2) is 24.3 Å². The molecule has 1 aliphatic rings. The number of Topliss-reactive ketones (excluding diaryl/α,β-unsaturated/α-hetero) is 1. The lowest BCUT2D eigenvalue weighted by Gasteiger charge is -2.26. The van der Waals surface area contributed by atoms with E-state index in [1.807, 2.05) is 0 Å². The summed E-state index contributed by atoms with van der Waals surface area (Å²) in [5, 5.41) is 3.74. The van der Waals surface area contributed by atoms with E-state index in [1.165, 1.54) is 0 Å². The van der Waals surface area contributed by atoms with Gasteiger partial charge in [0.25, 0.3) is 0 Å². The lowest BCUT2D eigenvalue weighted by molar-refractivity contribution is 0.0904. The molecule has 0 aliphatic carbocycles. The molecule has 1 aromatic rings. The van der Waals surface area contributed by atoms with E-state index in [0.29, 0.717) is 5.02 Å². The second-order valence-electron chi connectivity index (χ2n) is 3.17. The van der Waals surface area contributed by atoms with Gasteiger partial charge in [0.1, 0.15) is 0 Å². The molecule has 0 saturated carbocycles. The van der Waals surface area contributed by atoms with Crippen LogP contribution >= 0.6 is 11.6 Å². The van der Waals surface area contributed by atoms with Gasteiger partial charge in [-0.25, -0.2) is 0 Å². The summed E-state index contributed by atoms with van der Waals surface area (Å²) in [5.41, 5.74) is 0.738. The van der Waals surface area contributed by atoms with E-state index in [0.717, 1.165) is 18.5 Å². The fourth-order valence-electron chi connectivity index (χ4n) is 1.33. The fourth-order valence-corrected chi connectivity index (χ4v) is 1.45. The van der Waals surface area contributed by atoms with Crippen LogP contribution in [-0.4, -0.2) is 18.4 Å². The number of hydrogen-bond acceptors (Lipinski definition) is 2. The molecule has 1 unspecified atom stereocenters. The fraction of sp³-hybridized carbons (Fsp3) is 0.300. The number of ketones is 1. The van der Waals surface area contributed by atoms with Crippen molar-refractivity contribution in [2.45, 2.75) is 12.5 Å². The minimum atomic E-state index is 0.0289. The largest absolute Gasteiger partial charge is 0.307 e. The van der Waals surface area contributed by atoms with Crippen molar-refractivity contribution in [2.75, 3.05) is 6.54 Å². The Hall–Kier alpha value is -0.860. The molecule has 2 nitrogen and oxygen atoms in total. The Morgan fingerprint density at radius 1 is 1.38 bits per heavy atom. The Kier molecular flexibility index (Phi) is 2.34. The number of nitrogens with one attached hydrogen (secondary N) is 1. The van der Waals surface area contributed by atoms with Gasteiger partial charge in [0.2, 0.25) is 0 Å². The van der Waals surface area contributed by atoms with Crippen LogP contribution in [0, 0.1) is 0 Å². The zero-order valence-electron chi connectivity index (χ0n) is 7.09. The van der Waals surface area contributed by atoms with Crippen molar-refractivity contribution < 1.29 is 4.79 Å². The van der Waals surface area contributed by atoms with Gasteiger partial charge in [0, 0.05) is 10.6 Å². The highest BCUT2D eigenvalue weighted by Crippen LogP contribution is 2.14. The highest BCUT2D eigenvalue weighted by atomic mass is 35.5. The van der Waals surface area contributed by atoms with Crippen LogP contribution in [0.3, 0.4) is 0 Å². The Bertz CT molecular complexity index is 316. The molecule has 2 rings (SSSR count). The molecule has 13 heavy (non-hydrogen) atoms. The van der Waals surface area contributed by atoms with Gasteiger partial charge in [0.15, 0.2) is 5.78 Å². The van der Waals surface area contributed by atoms with Crippen molar-refractivity contribution in [3.8, 4) is 0 Å². The summed E-state index contributed by atoms with van der Waals surface area (Å²) in [5.74, 6) is 0.169. The molecule has 1 aromatic carbocycles. The summed E-state index contributed by atoms with van der Waals surface area (Å²) >= 11 is 5.72. The molecule has 1 fully saturated rings. The van der Waals surface area contributed by atoms with Crippen LogP contribution in [0.4, 0.5) is 0 Å². The van der Waals surface area contributed by atoms with E-state index < -0.39 is 0 Å². The van der Waals surface area contributed by atoms with Crippen molar-refractivity contribution in [1.29, 1.82) is 0 Å². The highest BCUT2D eigenvalue weighted by Gasteiger charge is 2.25. The monoisotopic (exact) mass is 195 g/mol. The van der Waals surface area contributed by atoms with Gasteiger partial charge < -0.3 is 5.32 Å². The first-order chi connectivity index (χ1) is 6.27. The number of benzene rings is 1. The average molecular weight is 196 g/mol. The van der Waals surface area contributed by atoms with E-state index in [-0.39, 0.29) is 11.8 Å². The third-order valence-corrected chi connectivity index (χ3v) is 2.52. The molecule has 0 amide bonds. The molecule has 68 valence electrons. The quantitative estimate of drug-likeness (QED) is 0.731. The summed E-state index contributed by atoms with van der Waals surface area (Å²) in [6, 6.07) is 7.05. The van der Waals surface area contributed by atoms with E-state index in [1.54, 1.807) is 24.3 Å². The number of rotatable bonds is 2. The molecule has 1 heterocycles. The first kappa shape index (κ1) is 8.73. The van der Waals surface area contributed by atoms with Crippen LogP contribution in [-0.2, 0) is 0 Å². The maximum absolute atomic E-state index is 11.6. The highest BCUT2D eigenvalue weighted by molar-refractivity contribution is 6.30. The molecule has 0 aromatic heterocycles. The minimum absolute atomic E-state index is 0.0289. The van der Waals surface area contributed by atoms with E-state index in [2.05, 4.69) is 5.32 Å².